The first-order valence-corrected chi connectivity index (χ1v) is 5.49. The van der Waals surface area contributed by atoms with Gasteiger partial charge in [-0.05, 0) is 18.6 Å². The van der Waals surface area contributed by atoms with E-state index in [4.69, 9.17) is 12.2 Å². The van der Waals surface area contributed by atoms with E-state index in [1.165, 1.54) is 6.42 Å². The summed E-state index contributed by atoms with van der Waals surface area (Å²) in [5.74, 6) is 0.870. The second-order valence-electron chi connectivity index (χ2n) is 3.32. The number of nitrogens with one attached hydrogen (secondary N) is 2. The molecule has 0 saturated heterocycles. The highest BCUT2D eigenvalue weighted by Gasteiger charge is 2.00. The number of aromatic nitrogens is 3. The van der Waals surface area contributed by atoms with Crippen LogP contribution in [0.15, 0.2) is 6.33 Å². The van der Waals surface area contributed by atoms with Crippen molar-refractivity contribution in [2.45, 2.75) is 26.3 Å². The second kappa shape index (κ2) is 6.34. The number of unbranched alkanes of at least 4 members (excludes halogenated alkanes) is 1. The summed E-state index contributed by atoms with van der Waals surface area (Å²) in [7, 11) is 1.91. The maximum absolute atomic E-state index is 5.10. The summed E-state index contributed by atoms with van der Waals surface area (Å²) in [4.78, 5) is 0. The van der Waals surface area contributed by atoms with Crippen LogP contribution in [0.3, 0.4) is 0 Å². The first kappa shape index (κ1) is 11.9. The molecule has 0 aliphatic heterocycles. The van der Waals surface area contributed by atoms with Crippen LogP contribution < -0.4 is 10.6 Å². The van der Waals surface area contributed by atoms with Gasteiger partial charge in [-0.25, -0.2) is 0 Å². The topological polar surface area (TPSA) is 54.8 Å². The fraction of sp³-hybridized carbons (Fsp3) is 0.667. The molecule has 0 bridgehead atoms. The van der Waals surface area contributed by atoms with E-state index in [0.717, 1.165) is 18.8 Å². The zero-order valence-corrected chi connectivity index (χ0v) is 9.97. The van der Waals surface area contributed by atoms with Crippen LogP contribution in [0, 0.1) is 0 Å². The van der Waals surface area contributed by atoms with Crippen molar-refractivity contribution in [3.05, 3.63) is 12.2 Å². The summed E-state index contributed by atoms with van der Waals surface area (Å²) in [5.41, 5.74) is 0. The Hall–Kier alpha value is -1.17. The summed E-state index contributed by atoms with van der Waals surface area (Å²) in [6.07, 6.45) is 3.97. The summed E-state index contributed by atoms with van der Waals surface area (Å²) < 4.78 is 1.86. The number of thiocarbonyl (C=S) groups is 1. The molecule has 0 aromatic carbocycles. The molecule has 0 aliphatic carbocycles. The van der Waals surface area contributed by atoms with Crippen molar-refractivity contribution in [3.63, 3.8) is 0 Å². The summed E-state index contributed by atoms with van der Waals surface area (Å²) in [6.45, 7) is 3.67. The van der Waals surface area contributed by atoms with Crippen LogP contribution in [-0.4, -0.2) is 26.4 Å². The predicted octanol–water partition coefficient (Wildman–Crippen LogP) is 0.579. The normalized spacial score (nSPS) is 10.0. The van der Waals surface area contributed by atoms with Gasteiger partial charge in [0.05, 0.1) is 6.54 Å². The maximum Gasteiger partial charge on any atom is 0.166 e. The van der Waals surface area contributed by atoms with E-state index >= 15 is 0 Å². The third-order valence-corrected chi connectivity index (χ3v) is 2.32. The average molecular weight is 227 g/mol. The first-order valence-electron chi connectivity index (χ1n) is 5.08. The molecule has 0 amide bonds. The van der Waals surface area contributed by atoms with Crippen LogP contribution in [0.25, 0.3) is 0 Å². The van der Waals surface area contributed by atoms with Crippen molar-refractivity contribution in [2.75, 3.05) is 6.54 Å². The molecule has 84 valence electrons. The van der Waals surface area contributed by atoms with Gasteiger partial charge in [0.25, 0.3) is 0 Å². The standard InChI is InChI=1S/C9H17N5S/c1-3-4-5-10-9(15)11-6-8-13-12-7-14(8)2/h7H,3-6H2,1-2H3,(H2,10,11,15). The van der Waals surface area contributed by atoms with Crippen molar-refractivity contribution < 1.29 is 0 Å². The Morgan fingerprint density at radius 3 is 2.93 bits per heavy atom. The molecule has 1 rings (SSSR count). The quantitative estimate of drug-likeness (QED) is 0.569. The second-order valence-corrected chi connectivity index (χ2v) is 3.73. The average Bonchev–Trinajstić information content (AvgIpc) is 2.61. The fourth-order valence-corrected chi connectivity index (χ4v) is 1.24. The lowest BCUT2D eigenvalue weighted by molar-refractivity contribution is 0.713. The van der Waals surface area contributed by atoms with Gasteiger partial charge < -0.3 is 15.2 Å². The minimum Gasteiger partial charge on any atom is -0.363 e. The highest BCUT2D eigenvalue weighted by atomic mass is 32.1. The van der Waals surface area contributed by atoms with Crippen LogP contribution >= 0.6 is 12.2 Å². The number of hydrogen-bond donors (Lipinski definition) is 2. The molecular weight excluding hydrogens is 210 g/mol. The van der Waals surface area contributed by atoms with Crippen LogP contribution in [0.1, 0.15) is 25.6 Å². The zero-order valence-electron chi connectivity index (χ0n) is 9.16. The molecule has 6 heteroatoms. The van der Waals surface area contributed by atoms with Crippen molar-refractivity contribution in [1.82, 2.24) is 25.4 Å². The molecule has 0 atom stereocenters. The van der Waals surface area contributed by atoms with Gasteiger partial charge >= 0.3 is 0 Å². The van der Waals surface area contributed by atoms with E-state index < -0.39 is 0 Å². The molecule has 0 fully saturated rings. The Kier molecular flexibility index (Phi) is 5.03. The Morgan fingerprint density at radius 2 is 2.33 bits per heavy atom. The molecule has 0 radical (unpaired) electrons. The van der Waals surface area contributed by atoms with E-state index in [0.29, 0.717) is 11.7 Å². The molecule has 0 spiro atoms. The SMILES string of the molecule is CCCCNC(=S)NCc1nncn1C. The smallest absolute Gasteiger partial charge is 0.166 e. The van der Waals surface area contributed by atoms with Crippen molar-refractivity contribution >= 4 is 17.3 Å². The third kappa shape index (κ3) is 4.24. The Labute approximate surface area is 95.3 Å². The molecule has 0 aliphatic rings. The van der Waals surface area contributed by atoms with Crippen LogP contribution in [0.2, 0.25) is 0 Å². The molecule has 1 aromatic heterocycles. The zero-order chi connectivity index (χ0) is 11.1. The minimum absolute atomic E-state index is 0.606. The first-order chi connectivity index (χ1) is 7.24. The predicted molar refractivity (Wildman–Crippen MR) is 63.4 cm³/mol. The van der Waals surface area contributed by atoms with E-state index in [1.54, 1.807) is 6.33 Å². The van der Waals surface area contributed by atoms with Gasteiger partial charge in [0.15, 0.2) is 10.9 Å². The molecule has 5 nitrogen and oxygen atoms in total. The number of nitrogens with zero attached hydrogens (tertiary/aromatic N) is 3. The Morgan fingerprint density at radius 1 is 1.53 bits per heavy atom. The number of rotatable bonds is 5. The van der Waals surface area contributed by atoms with Gasteiger partial charge in [-0.1, -0.05) is 13.3 Å². The van der Waals surface area contributed by atoms with Gasteiger partial charge in [0, 0.05) is 13.6 Å². The van der Waals surface area contributed by atoms with E-state index in [-0.39, 0.29) is 0 Å². The number of hydrogen-bond acceptors (Lipinski definition) is 3. The fourth-order valence-electron chi connectivity index (χ4n) is 1.07. The van der Waals surface area contributed by atoms with Gasteiger partial charge in [-0.2, -0.15) is 0 Å². The monoisotopic (exact) mass is 227 g/mol. The highest BCUT2D eigenvalue weighted by Crippen LogP contribution is 1.89. The largest absolute Gasteiger partial charge is 0.363 e. The van der Waals surface area contributed by atoms with Gasteiger partial charge in [0.1, 0.15) is 6.33 Å². The lowest BCUT2D eigenvalue weighted by Gasteiger charge is -2.09. The number of aryl methyl sites for hydroxylation is 1. The van der Waals surface area contributed by atoms with Gasteiger partial charge in [-0.15, -0.1) is 10.2 Å². The van der Waals surface area contributed by atoms with Crippen LogP contribution in [0.5, 0.6) is 0 Å². The van der Waals surface area contributed by atoms with Crippen molar-refractivity contribution in [3.8, 4) is 0 Å². The molecule has 1 aromatic rings. The van der Waals surface area contributed by atoms with Crippen LogP contribution in [0.4, 0.5) is 0 Å². The lowest BCUT2D eigenvalue weighted by Crippen LogP contribution is -2.35. The van der Waals surface area contributed by atoms with Gasteiger partial charge in [-0.3, -0.25) is 0 Å². The van der Waals surface area contributed by atoms with Crippen LogP contribution in [-0.2, 0) is 13.6 Å². The van der Waals surface area contributed by atoms with E-state index in [2.05, 4.69) is 27.8 Å². The third-order valence-electron chi connectivity index (χ3n) is 2.03. The van der Waals surface area contributed by atoms with E-state index in [9.17, 15) is 0 Å². The highest BCUT2D eigenvalue weighted by molar-refractivity contribution is 7.80. The van der Waals surface area contributed by atoms with Crippen molar-refractivity contribution in [2.24, 2.45) is 7.05 Å². The molecule has 0 unspecified atom stereocenters. The summed E-state index contributed by atoms with van der Waals surface area (Å²) in [5, 5.41) is 14.6. The molecule has 1 heterocycles. The Bertz CT molecular complexity index is 309. The summed E-state index contributed by atoms with van der Waals surface area (Å²) in [6, 6.07) is 0. The maximum atomic E-state index is 5.10. The molecule has 15 heavy (non-hydrogen) atoms. The molecule has 0 saturated carbocycles. The van der Waals surface area contributed by atoms with Crippen molar-refractivity contribution in [1.29, 1.82) is 0 Å². The lowest BCUT2D eigenvalue weighted by atomic mass is 10.3. The molecular formula is C9H17N5S. The molecule has 2 N–H and O–H groups in total. The summed E-state index contributed by atoms with van der Waals surface area (Å²) >= 11 is 5.10. The Balaban J connectivity index is 2.20. The van der Waals surface area contributed by atoms with E-state index in [1.807, 2.05) is 11.6 Å². The van der Waals surface area contributed by atoms with Gasteiger partial charge in [0.2, 0.25) is 0 Å². The minimum atomic E-state index is 0.606.